The molecule has 0 spiro atoms. The summed E-state index contributed by atoms with van der Waals surface area (Å²) in [5.41, 5.74) is 0.325. The largest absolute Gasteiger partial charge is 0.504 e. The maximum absolute atomic E-state index is 10.5. The lowest BCUT2D eigenvalue weighted by atomic mass is 10.2. The number of ether oxygens (including phenoxy) is 1. The number of nitrogens with zero attached hydrogens (tertiary/aromatic N) is 1. The molecular formula is C19H26N10O4. The van der Waals surface area contributed by atoms with E-state index in [1.54, 1.807) is 12.1 Å². The molecule has 2 rings (SSSR count). The van der Waals surface area contributed by atoms with Crippen molar-refractivity contribution >= 4 is 35.2 Å². The number of rotatable bonds is 5. The number of phenolic OH excluding ortho intramolecular Hbond substituents is 3. The van der Waals surface area contributed by atoms with Gasteiger partial charge in [-0.3, -0.25) is 32.3 Å². The van der Waals surface area contributed by atoms with E-state index in [9.17, 15) is 15.3 Å². The molecule has 0 aliphatic carbocycles. The van der Waals surface area contributed by atoms with E-state index in [0.717, 1.165) is 0 Å². The van der Waals surface area contributed by atoms with Crippen LogP contribution in [0.2, 0.25) is 0 Å². The average molecular weight is 458 g/mol. The van der Waals surface area contributed by atoms with Gasteiger partial charge in [0.05, 0.1) is 11.4 Å². The van der Waals surface area contributed by atoms with Gasteiger partial charge in [0.1, 0.15) is 0 Å². The van der Waals surface area contributed by atoms with E-state index in [2.05, 4.69) is 26.6 Å². The monoisotopic (exact) mass is 458 g/mol. The molecule has 33 heavy (non-hydrogen) atoms. The molecule has 0 saturated carbocycles. The van der Waals surface area contributed by atoms with Crippen molar-refractivity contribution in [2.45, 2.75) is 0 Å². The predicted octanol–water partition coefficient (Wildman–Crippen LogP) is 0.415. The van der Waals surface area contributed by atoms with Gasteiger partial charge in [-0.25, -0.2) is 0 Å². The summed E-state index contributed by atoms with van der Waals surface area (Å²) in [5.74, 6) is -1.87. The number of hydrogen-bond donors (Lipinski definition) is 12. The van der Waals surface area contributed by atoms with E-state index in [1.165, 1.54) is 43.3 Å². The highest BCUT2D eigenvalue weighted by molar-refractivity contribution is 6.05. The number of anilines is 2. The highest BCUT2D eigenvalue weighted by Gasteiger charge is 2.16. The van der Waals surface area contributed by atoms with Crippen LogP contribution in [0, 0.1) is 21.6 Å². The third-order valence-corrected chi connectivity index (χ3v) is 4.17. The first kappa shape index (κ1) is 24.4. The Morgan fingerprint density at radius 3 is 2.30 bits per heavy atom. The van der Waals surface area contributed by atoms with Crippen LogP contribution in [0.1, 0.15) is 0 Å². The Morgan fingerprint density at radius 1 is 0.909 bits per heavy atom. The fourth-order valence-electron chi connectivity index (χ4n) is 2.44. The number of nitrogens with one attached hydrogen (secondary N) is 9. The summed E-state index contributed by atoms with van der Waals surface area (Å²) >= 11 is 0. The molecule has 14 heteroatoms. The summed E-state index contributed by atoms with van der Waals surface area (Å²) in [6.07, 6.45) is 0. The normalized spacial score (nSPS) is 9.88. The Hall–Kier alpha value is -4.88. The van der Waals surface area contributed by atoms with Crippen LogP contribution in [0.3, 0.4) is 0 Å². The second kappa shape index (κ2) is 10.9. The molecule has 14 nitrogen and oxygen atoms in total. The van der Waals surface area contributed by atoms with Gasteiger partial charge in [0.2, 0.25) is 5.96 Å². The van der Waals surface area contributed by atoms with Crippen LogP contribution in [0.25, 0.3) is 0 Å². The highest BCUT2D eigenvalue weighted by atomic mass is 16.5. The molecule has 0 aliphatic rings. The van der Waals surface area contributed by atoms with Gasteiger partial charge in [0.15, 0.2) is 47.6 Å². The van der Waals surface area contributed by atoms with Crippen LogP contribution >= 0.6 is 0 Å². The van der Waals surface area contributed by atoms with E-state index >= 15 is 0 Å². The minimum absolute atomic E-state index is 0.0762. The van der Waals surface area contributed by atoms with Gasteiger partial charge in [-0.15, -0.1) is 0 Å². The minimum atomic E-state index is -0.432. The molecule has 176 valence electrons. The fourth-order valence-corrected chi connectivity index (χ4v) is 2.44. The van der Waals surface area contributed by atoms with Crippen molar-refractivity contribution in [3.63, 3.8) is 0 Å². The van der Waals surface area contributed by atoms with Crippen LogP contribution in [0.15, 0.2) is 36.4 Å². The SMILES string of the molecule is CNC(=N)NC(=N)N(C)c1cccc(OCNC(=N)NC(=N)Nc2cccc(O)c2O)c1O. The molecule has 12 N–H and O–H groups in total. The van der Waals surface area contributed by atoms with Crippen LogP contribution in [-0.4, -0.2) is 60.0 Å². The number of guanidine groups is 4. The Kier molecular flexibility index (Phi) is 8.09. The maximum Gasteiger partial charge on any atom is 0.202 e. The second-order valence-corrected chi connectivity index (χ2v) is 6.42. The van der Waals surface area contributed by atoms with Gasteiger partial charge < -0.3 is 40.9 Å². The average Bonchev–Trinajstić information content (AvgIpc) is 2.77. The Balaban J connectivity index is 1.89. The van der Waals surface area contributed by atoms with Crippen molar-refractivity contribution in [1.29, 1.82) is 21.6 Å². The number of para-hydroxylation sites is 2. The predicted molar refractivity (Wildman–Crippen MR) is 125 cm³/mol. The molecule has 0 aromatic heterocycles. The van der Waals surface area contributed by atoms with Gasteiger partial charge in [0, 0.05) is 14.1 Å². The first-order valence-electron chi connectivity index (χ1n) is 9.40. The first-order valence-corrected chi connectivity index (χ1v) is 9.40. The summed E-state index contributed by atoms with van der Waals surface area (Å²) < 4.78 is 5.44. The standard InChI is InChI=1S/C19H26N10O4/c1-24-16(20)28-19(23)29(2)11-6-4-8-13(15(11)32)33-9-25-17(21)27-18(22)26-10-5-3-7-12(30)14(10)31/h3-8,30-32H,9H2,1-2H3,(H4,20,23,24,28)(H5,21,22,25,26,27). The Labute approximate surface area is 189 Å². The molecule has 0 saturated heterocycles. The smallest absolute Gasteiger partial charge is 0.202 e. The van der Waals surface area contributed by atoms with E-state index in [1.807, 2.05) is 0 Å². The molecule has 0 fully saturated rings. The number of benzene rings is 2. The lowest BCUT2D eigenvalue weighted by Crippen LogP contribution is -2.45. The molecule has 2 aromatic carbocycles. The number of aromatic hydroxyl groups is 3. The molecule has 0 radical (unpaired) electrons. The molecule has 2 aromatic rings. The lowest BCUT2D eigenvalue weighted by molar-refractivity contribution is 0.291. The number of hydrogen-bond acceptors (Lipinski definition) is 8. The van der Waals surface area contributed by atoms with Crippen molar-refractivity contribution in [2.75, 3.05) is 31.0 Å². The topological polar surface area (TPSA) is 229 Å². The van der Waals surface area contributed by atoms with Crippen molar-refractivity contribution in [3.05, 3.63) is 36.4 Å². The number of phenols is 3. The minimum Gasteiger partial charge on any atom is -0.504 e. The molecule has 0 aliphatic heterocycles. The third kappa shape index (κ3) is 6.55. The van der Waals surface area contributed by atoms with Crippen molar-refractivity contribution in [2.24, 2.45) is 0 Å². The molecule has 0 heterocycles. The van der Waals surface area contributed by atoms with Crippen molar-refractivity contribution in [1.82, 2.24) is 21.3 Å². The van der Waals surface area contributed by atoms with Crippen LogP contribution in [-0.2, 0) is 0 Å². The zero-order valence-electron chi connectivity index (χ0n) is 17.9. The molecular weight excluding hydrogens is 432 g/mol. The van der Waals surface area contributed by atoms with Gasteiger partial charge in [-0.2, -0.15) is 0 Å². The van der Waals surface area contributed by atoms with Crippen molar-refractivity contribution in [3.8, 4) is 23.0 Å². The third-order valence-electron chi connectivity index (χ3n) is 4.17. The van der Waals surface area contributed by atoms with E-state index in [0.29, 0.717) is 0 Å². The highest BCUT2D eigenvalue weighted by Crippen LogP contribution is 2.35. The fraction of sp³-hybridized carbons (Fsp3) is 0.158. The summed E-state index contributed by atoms with van der Waals surface area (Å²) in [6, 6.07) is 8.85. The van der Waals surface area contributed by atoms with Crippen molar-refractivity contribution < 1.29 is 20.1 Å². The van der Waals surface area contributed by atoms with Crippen LogP contribution in [0.5, 0.6) is 23.0 Å². The van der Waals surface area contributed by atoms with E-state index in [-0.39, 0.29) is 59.2 Å². The zero-order valence-corrected chi connectivity index (χ0v) is 17.9. The van der Waals surface area contributed by atoms with Gasteiger partial charge >= 0.3 is 0 Å². The Bertz CT molecular complexity index is 1060. The first-order chi connectivity index (χ1) is 15.6. The summed E-state index contributed by atoms with van der Waals surface area (Å²) in [4.78, 5) is 1.31. The van der Waals surface area contributed by atoms with E-state index < -0.39 is 5.75 Å². The molecule has 0 unspecified atom stereocenters. The van der Waals surface area contributed by atoms with Gasteiger partial charge in [-0.05, 0) is 24.3 Å². The zero-order chi connectivity index (χ0) is 24.5. The molecule has 0 amide bonds. The maximum atomic E-state index is 10.5. The van der Waals surface area contributed by atoms with Gasteiger partial charge in [-0.1, -0.05) is 12.1 Å². The molecule has 0 atom stereocenters. The summed E-state index contributed by atoms with van der Waals surface area (Å²) in [5, 5.41) is 73.3. The van der Waals surface area contributed by atoms with E-state index in [4.69, 9.17) is 26.4 Å². The summed E-state index contributed by atoms with van der Waals surface area (Å²) in [6.45, 7) is -0.239. The van der Waals surface area contributed by atoms with Gasteiger partial charge in [0.25, 0.3) is 0 Å². The lowest BCUT2D eigenvalue weighted by Gasteiger charge is -2.23. The van der Waals surface area contributed by atoms with Crippen LogP contribution < -0.4 is 36.2 Å². The summed E-state index contributed by atoms with van der Waals surface area (Å²) in [7, 11) is 3.06. The second-order valence-electron chi connectivity index (χ2n) is 6.42. The van der Waals surface area contributed by atoms with Crippen LogP contribution in [0.4, 0.5) is 11.4 Å². The quantitative estimate of drug-likeness (QED) is 0.128. The Morgan fingerprint density at radius 2 is 1.61 bits per heavy atom. The molecule has 0 bridgehead atoms.